The molecule has 186 valence electrons. The Morgan fingerprint density at radius 3 is 2.31 bits per heavy atom. The van der Waals surface area contributed by atoms with Crippen molar-refractivity contribution in [2.75, 3.05) is 44.7 Å². The van der Waals surface area contributed by atoms with Gasteiger partial charge in [-0.1, -0.05) is 58.4 Å². The first kappa shape index (κ1) is 24.5. The molecule has 2 heterocycles. The van der Waals surface area contributed by atoms with Gasteiger partial charge in [0.1, 0.15) is 5.75 Å². The summed E-state index contributed by atoms with van der Waals surface area (Å²) in [7, 11) is 1.69. The molecule has 3 aromatic carbocycles. The van der Waals surface area contributed by atoms with Crippen molar-refractivity contribution in [3.8, 4) is 17.0 Å². The lowest BCUT2D eigenvalue weighted by Gasteiger charge is -2.37. The van der Waals surface area contributed by atoms with Gasteiger partial charge < -0.3 is 14.7 Å². The van der Waals surface area contributed by atoms with Gasteiger partial charge in [0, 0.05) is 48.1 Å². The first-order chi connectivity index (χ1) is 17.5. The van der Waals surface area contributed by atoms with Crippen molar-refractivity contribution in [3.05, 3.63) is 87.6 Å². The number of benzene rings is 3. The van der Waals surface area contributed by atoms with Crippen molar-refractivity contribution in [3.63, 3.8) is 0 Å². The van der Waals surface area contributed by atoms with Gasteiger partial charge in [-0.2, -0.15) is 5.10 Å². The molecule has 0 bridgehead atoms. The standard InChI is InChI=1S/C28H29BrN4O3/c1-36-26-9-5-4-8-25(26)32-16-14-31(15-17-32)18-22(34)19-33-28(35)24-7-3-2-6-23(24)27(30-33)20-10-12-21(29)13-11-20/h2-13,22,34H,14-19H2,1H3. The van der Waals surface area contributed by atoms with E-state index in [0.717, 1.165) is 58.7 Å². The molecule has 1 aliphatic heterocycles. The predicted molar refractivity (Wildman–Crippen MR) is 147 cm³/mol. The molecule has 1 aliphatic rings. The van der Waals surface area contributed by atoms with Gasteiger partial charge in [0.05, 0.1) is 36.5 Å². The lowest BCUT2D eigenvalue weighted by atomic mass is 10.1. The highest BCUT2D eigenvalue weighted by Crippen LogP contribution is 2.29. The van der Waals surface area contributed by atoms with E-state index in [9.17, 15) is 9.90 Å². The molecule has 1 unspecified atom stereocenters. The van der Waals surface area contributed by atoms with E-state index in [4.69, 9.17) is 9.84 Å². The van der Waals surface area contributed by atoms with Crippen molar-refractivity contribution in [1.29, 1.82) is 0 Å². The molecule has 0 aliphatic carbocycles. The second kappa shape index (κ2) is 10.8. The molecule has 0 saturated carbocycles. The molecule has 36 heavy (non-hydrogen) atoms. The average molecular weight is 549 g/mol. The smallest absolute Gasteiger partial charge is 0.274 e. The number of β-amino-alcohol motifs (C(OH)–C–C–N with tert-alkyl or cyclic N) is 1. The number of hydrogen-bond donors (Lipinski definition) is 1. The molecule has 8 heteroatoms. The molecule has 7 nitrogen and oxygen atoms in total. The second-order valence-electron chi connectivity index (χ2n) is 9.00. The van der Waals surface area contributed by atoms with Crippen LogP contribution in [0, 0.1) is 0 Å². The van der Waals surface area contributed by atoms with Crippen LogP contribution in [0.3, 0.4) is 0 Å². The zero-order valence-electron chi connectivity index (χ0n) is 20.2. The fourth-order valence-electron chi connectivity index (χ4n) is 4.80. The molecule has 0 spiro atoms. The Hall–Kier alpha value is -3.20. The highest BCUT2D eigenvalue weighted by atomic mass is 79.9. The topological polar surface area (TPSA) is 70.8 Å². The monoisotopic (exact) mass is 548 g/mol. The molecular formula is C28H29BrN4O3. The van der Waals surface area contributed by atoms with Crippen molar-refractivity contribution >= 4 is 32.4 Å². The SMILES string of the molecule is COc1ccccc1N1CCN(CC(O)Cn2nc(-c3ccc(Br)cc3)c3ccccc3c2=O)CC1. The van der Waals surface area contributed by atoms with Crippen LogP contribution >= 0.6 is 15.9 Å². The minimum atomic E-state index is -0.716. The van der Waals surface area contributed by atoms with Gasteiger partial charge in [0.25, 0.3) is 5.56 Å². The Labute approximate surface area is 218 Å². The Balaban J connectivity index is 1.30. The third-order valence-electron chi connectivity index (χ3n) is 6.64. The number of rotatable bonds is 7. The van der Waals surface area contributed by atoms with E-state index >= 15 is 0 Å². The van der Waals surface area contributed by atoms with Crippen molar-refractivity contribution in [2.45, 2.75) is 12.6 Å². The Kier molecular flexibility index (Phi) is 7.36. The zero-order chi connectivity index (χ0) is 25.1. The number of aromatic nitrogens is 2. The van der Waals surface area contributed by atoms with E-state index in [-0.39, 0.29) is 12.1 Å². The van der Waals surface area contributed by atoms with Crippen molar-refractivity contribution in [1.82, 2.24) is 14.7 Å². The lowest BCUT2D eigenvalue weighted by Crippen LogP contribution is -2.49. The number of aliphatic hydroxyl groups excluding tert-OH is 1. The van der Waals surface area contributed by atoms with Gasteiger partial charge in [-0.3, -0.25) is 9.69 Å². The Bertz CT molecular complexity index is 1400. The quantitative estimate of drug-likeness (QED) is 0.376. The van der Waals surface area contributed by atoms with E-state index in [2.05, 4.69) is 31.8 Å². The van der Waals surface area contributed by atoms with Gasteiger partial charge in [-0.15, -0.1) is 0 Å². The average Bonchev–Trinajstić information content (AvgIpc) is 2.91. The maximum absolute atomic E-state index is 13.2. The lowest BCUT2D eigenvalue weighted by molar-refractivity contribution is 0.0910. The van der Waals surface area contributed by atoms with E-state index in [1.807, 2.05) is 66.7 Å². The maximum atomic E-state index is 13.2. The third kappa shape index (κ3) is 5.16. The van der Waals surface area contributed by atoms with E-state index in [1.54, 1.807) is 7.11 Å². The van der Waals surface area contributed by atoms with Gasteiger partial charge >= 0.3 is 0 Å². The zero-order valence-corrected chi connectivity index (χ0v) is 21.8. The summed E-state index contributed by atoms with van der Waals surface area (Å²) < 4.78 is 7.90. The van der Waals surface area contributed by atoms with Gasteiger partial charge in [-0.05, 0) is 30.3 Å². The minimum absolute atomic E-state index is 0.139. The van der Waals surface area contributed by atoms with E-state index in [0.29, 0.717) is 11.9 Å². The van der Waals surface area contributed by atoms with Crippen LogP contribution in [0.15, 0.2) is 82.1 Å². The molecule has 1 fully saturated rings. The number of piperazine rings is 1. The third-order valence-corrected chi connectivity index (χ3v) is 7.16. The van der Waals surface area contributed by atoms with Crippen LogP contribution in [0.4, 0.5) is 5.69 Å². The molecule has 0 radical (unpaired) electrons. The normalized spacial score (nSPS) is 15.2. The number of para-hydroxylation sites is 2. The number of halogens is 1. The molecule has 1 aromatic heterocycles. The summed E-state index contributed by atoms with van der Waals surface area (Å²) in [6.07, 6.45) is -0.716. The summed E-state index contributed by atoms with van der Waals surface area (Å²) in [6.45, 7) is 3.94. The molecular weight excluding hydrogens is 520 g/mol. The van der Waals surface area contributed by atoms with Crippen LogP contribution in [0.5, 0.6) is 5.75 Å². The van der Waals surface area contributed by atoms with E-state index in [1.165, 1.54) is 4.68 Å². The Morgan fingerprint density at radius 1 is 0.917 bits per heavy atom. The van der Waals surface area contributed by atoms with Crippen LogP contribution in [0.25, 0.3) is 22.0 Å². The molecule has 4 aromatic rings. The summed E-state index contributed by atoms with van der Waals surface area (Å²) in [6, 6.07) is 23.4. The summed E-state index contributed by atoms with van der Waals surface area (Å²) in [5, 5.41) is 17.0. The highest BCUT2D eigenvalue weighted by Gasteiger charge is 2.22. The van der Waals surface area contributed by atoms with Gasteiger partial charge in [-0.25, -0.2) is 4.68 Å². The first-order valence-electron chi connectivity index (χ1n) is 12.1. The number of methoxy groups -OCH3 is 1. The highest BCUT2D eigenvalue weighted by molar-refractivity contribution is 9.10. The largest absolute Gasteiger partial charge is 0.495 e. The summed E-state index contributed by atoms with van der Waals surface area (Å²) in [5.74, 6) is 0.870. The maximum Gasteiger partial charge on any atom is 0.274 e. The summed E-state index contributed by atoms with van der Waals surface area (Å²) in [4.78, 5) is 17.7. The number of hydrogen-bond acceptors (Lipinski definition) is 6. The number of anilines is 1. The van der Waals surface area contributed by atoms with Gasteiger partial charge in [0.15, 0.2) is 0 Å². The van der Waals surface area contributed by atoms with Crippen molar-refractivity contribution < 1.29 is 9.84 Å². The number of aliphatic hydroxyl groups is 1. The summed E-state index contributed by atoms with van der Waals surface area (Å²) >= 11 is 3.48. The van der Waals surface area contributed by atoms with Crippen LogP contribution in [0.1, 0.15) is 0 Å². The van der Waals surface area contributed by atoms with Crippen LogP contribution in [-0.4, -0.2) is 65.7 Å². The second-order valence-corrected chi connectivity index (χ2v) is 9.92. The Morgan fingerprint density at radius 2 is 1.58 bits per heavy atom. The van der Waals surface area contributed by atoms with E-state index < -0.39 is 6.10 Å². The minimum Gasteiger partial charge on any atom is -0.495 e. The van der Waals surface area contributed by atoms with Crippen LogP contribution in [-0.2, 0) is 6.54 Å². The molecule has 5 rings (SSSR count). The summed E-state index contributed by atoms with van der Waals surface area (Å²) in [5.41, 5.74) is 2.56. The van der Waals surface area contributed by atoms with Crippen molar-refractivity contribution in [2.24, 2.45) is 0 Å². The molecule has 1 saturated heterocycles. The predicted octanol–water partition coefficient (Wildman–Crippen LogP) is 4.02. The number of nitrogens with zero attached hydrogens (tertiary/aromatic N) is 4. The fraction of sp³-hybridized carbons (Fsp3) is 0.286. The van der Waals surface area contributed by atoms with Crippen LogP contribution < -0.4 is 15.2 Å². The van der Waals surface area contributed by atoms with Crippen LogP contribution in [0.2, 0.25) is 0 Å². The molecule has 1 N–H and O–H groups in total. The molecule has 1 atom stereocenters. The first-order valence-corrected chi connectivity index (χ1v) is 12.9. The number of ether oxygens (including phenoxy) is 1. The molecule has 0 amide bonds. The number of fused-ring (bicyclic) bond motifs is 1. The van der Waals surface area contributed by atoms with Gasteiger partial charge in [0.2, 0.25) is 0 Å². The fourth-order valence-corrected chi connectivity index (χ4v) is 5.06.